The first-order valence-corrected chi connectivity index (χ1v) is 4.28. The lowest BCUT2D eigenvalue weighted by molar-refractivity contribution is 0.517. The maximum absolute atomic E-state index is 10.3. The Morgan fingerprint density at radius 3 is 2.33 bits per heavy atom. The fourth-order valence-corrected chi connectivity index (χ4v) is 0.535. The van der Waals surface area contributed by atoms with Gasteiger partial charge in [0.15, 0.2) is 0 Å². The van der Waals surface area contributed by atoms with Gasteiger partial charge in [0, 0.05) is 17.7 Å². The SMILES string of the molecule is CN(CC#N)S(=O)(=O)Cl. The molecule has 0 rings (SSSR count). The molecule has 0 aromatic heterocycles. The molecule has 52 valence electrons. The quantitative estimate of drug-likeness (QED) is 0.428. The van der Waals surface area contributed by atoms with Gasteiger partial charge in [0.2, 0.25) is 0 Å². The van der Waals surface area contributed by atoms with E-state index in [2.05, 4.69) is 0 Å². The highest BCUT2D eigenvalue weighted by molar-refractivity contribution is 8.11. The van der Waals surface area contributed by atoms with E-state index >= 15 is 0 Å². The Morgan fingerprint density at radius 1 is 1.78 bits per heavy atom. The van der Waals surface area contributed by atoms with Crippen molar-refractivity contribution < 1.29 is 8.42 Å². The summed E-state index contributed by atoms with van der Waals surface area (Å²) in [6.45, 7) is -0.216. The fraction of sp³-hybridized carbons (Fsp3) is 0.667. The third kappa shape index (κ3) is 3.30. The molecule has 4 nitrogen and oxygen atoms in total. The van der Waals surface area contributed by atoms with Crippen LogP contribution in [0.4, 0.5) is 0 Å². The normalized spacial score (nSPS) is 11.3. The van der Waals surface area contributed by atoms with Crippen LogP contribution < -0.4 is 0 Å². The Morgan fingerprint density at radius 2 is 2.22 bits per heavy atom. The van der Waals surface area contributed by atoms with E-state index in [9.17, 15) is 8.42 Å². The van der Waals surface area contributed by atoms with Crippen LogP contribution in [0.5, 0.6) is 0 Å². The highest BCUT2D eigenvalue weighted by atomic mass is 35.7. The van der Waals surface area contributed by atoms with Gasteiger partial charge in [0.05, 0.1) is 6.07 Å². The smallest absolute Gasteiger partial charge is 0.197 e. The van der Waals surface area contributed by atoms with Crippen LogP contribution in [0.2, 0.25) is 0 Å². The van der Waals surface area contributed by atoms with Crippen LogP contribution in [-0.4, -0.2) is 26.3 Å². The number of nitriles is 1. The summed E-state index contributed by atoms with van der Waals surface area (Å²) in [5.74, 6) is 0. The summed E-state index contributed by atoms with van der Waals surface area (Å²) in [7, 11) is 2.36. The first-order valence-electron chi connectivity index (χ1n) is 2.01. The number of hydrogen-bond acceptors (Lipinski definition) is 3. The monoisotopic (exact) mass is 168 g/mol. The third-order valence-corrected chi connectivity index (χ3v) is 2.25. The minimum Gasteiger partial charge on any atom is -0.197 e. The lowest BCUT2D eigenvalue weighted by Gasteiger charge is -2.04. The van der Waals surface area contributed by atoms with Crippen LogP contribution in [0, 0.1) is 11.3 Å². The molecular weight excluding hydrogens is 164 g/mol. The van der Waals surface area contributed by atoms with Crippen molar-refractivity contribution in [3.05, 3.63) is 0 Å². The van der Waals surface area contributed by atoms with Crippen LogP contribution in [0.3, 0.4) is 0 Å². The lowest BCUT2D eigenvalue weighted by atomic mass is 10.7. The average molecular weight is 169 g/mol. The Labute approximate surface area is 58.2 Å². The van der Waals surface area contributed by atoms with E-state index in [1.165, 1.54) is 7.05 Å². The summed E-state index contributed by atoms with van der Waals surface area (Å²) in [5.41, 5.74) is 0. The predicted molar refractivity (Wildman–Crippen MR) is 33.0 cm³/mol. The summed E-state index contributed by atoms with van der Waals surface area (Å²) in [4.78, 5) is 0. The molecule has 0 atom stereocenters. The Bertz CT molecular complexity index is 216. The molecule has 0 radical (unpaired) electrons. The molecule has 0 bridgehead atoms. The summed E-state index contributed by atoms with van der Waals surface area (Å²) in [5, 5.41) is 7.99. The fourth-order valence-electron chi connectivity index (χ4n) is 0.177. The third-order valence-electron chi connectivity index (χ3n) is 0.666. The van der Waals surface area contributed by atoms with Crippen molar-refractivity contribution in [2.45, 2.75) is 0 Å². The van der Waals surface area contributed by atoms with Gasteiger partial charge in [-0.1, -0.05) is 0 Å². The minimum absolute atomic E-state index is 0.216. The maximum Gasteiger partial charge on any atom is 0.300 e. The zero-order valence-electron chi connectivity index (χ0n) is 4.70. The van der Waals surface area contributed by atoms with Gasteiger partial charge in [-0.3, -0.25) is 0 Å². The highest BCUT2D eigenvalue weighted by Gasteiger charge is 2.11. The molecule has 0 saturated heterocycles. The summed E-state index contributed by atoms with van der Waals surface area (Å²) < 4.78 is 21.3. The molecule has 0 spiro atoms. The van der Waals surface area contributed by atoms with Gasteiger partial charge < -0.3 is 0 Å². The standard InChI is InChI=1S/C3H5ClN2O2S/c1-6(3-2-5)9(4,7)8/h3H2,1H3. The average Bonchev–Trinajstić information content (AvgIpc) is 1.64. The van der Waals surface area contributed by atoms with Gasteiger partial charge in [-0.15, -0.1) is 0 Å². The predicted octanol–water partition coefficient (Wildman–Crippen LogP) is -0.0746. The molecule has 0 aromatic rings. The van der Waals surface area contributed by atoms with E-state index < -0.39 is 9.24 Å². The van der Waals surface area contributed by atoms with Crippen molar-refractivity contribution in [3.8, 4) is 6.07 Å². The van der Waals surface area contributed by atoms with E-state index in [1.54, 1.807) is 6.07 Å². The van der Waals surface area contributed by atoms with E-state index in [0.717, 1.165) is 4.31 Å². The topological polar surface area (TPSA) is 61.2 Å². The number of nitrogens with zero attached hydrogens (tertiary/aromatic N) is 2. The maximum atomic E-state index is 10.3. The molecule has 0 aliphatic carbocycles. The van der Waals surface area contributed by atoms with Crippen molar-refractivity contribution in [1.29, 1.82) is 5.26 Å². The van der Waals surface area contributed by atoms with Gasteiger partial charge in [-0.25, -0.2) is 0 Å². The zero-order valence-corrected chi connectivity index (χ0v) is 6.28. The first-order chi connectivity index (χ1) is 3.98. The van der Waals surface area contributed by atoms with E-state index in [0.29, 0.717) is 0 Å². The van der Waals surface area contributed by atoms with E-state index in [4.69, 9.17) is 15.9 Å². The van der Waals surface area contributed by atoms with Gasteiger partial charge in [-0.2, -0.15) is 18.0 Å². The van der Waals surface area contributed by atoms with Crippen molar-refractivity contribution in [1.82, 2.24) is 4.31 Å². The largest absolute Gasteiger partial charge is 0.300 e. The molecule has 0 fully saturated rings. The van der Waals surface area contributed by atoms with Crippen molar-refractivity contribution in [2.24, 2.45) is 0 Å². The molecule has 0 aliphatic rings. The zero-order chi connectivity index (χ0) is 7.49. The van der Waals surface area contributed by atoms with Crippen LogP contribution >= 0.6 is 10.7 Å². The van der Waals surface area contributed by atoms with Gasteiger partial charge >= 0.3 is 0 Å². The Balaban J connectivity index is 4.10. The summed E-state index contributed by atoms with van der Waals surface area (Å²) in [6, 6.07) is 1.64. The summed E-state index contributed by atoms with van der Waals surface area (Å²) >= 11 is 0. The van der Waals surface area contributed by atoms with Crippen molar-refractivity contribution >= 4 is 19.9 Å². The van der Waals surface area contributed by atoms with Gasteiger partial charge in [-0.05, 0) is 0 Å². The number of halogens is 1. The molecule has 6 heteroatoms. The Kier molecular flexibility index (Phi) is 2.91. The molecule has 0 aliphatic heterocycles. The second kappa shape index (κ2) is 3.01. The van der Waals surface area contributed by atoms with E-state index in [1.807, 2.05) is 0 Å². The minimum atomic E-state index is -3.68. The molecule has 0 unspecified atom stereocenters. The molecular formula is C3H5ClN2O2S. The molecule has 0 saturated carbocycles. The van der Waals surface area contributed by atoms with Crippen LogP contribution in [0.25, 0.3) is 0 Å². The number of hydrogen-bond donors (Lipinski definition) is 0. The second-order valence-corrected chi connectivity index (χ2v) is 3.97. The highest BCUT2D eigenvalue weighted by Crippen LogP contribution is 2.00. The lowest BCUT2D eigenvalue weighted by Crippen LogP contribution is -2.22. The molecule has 9 heavy (non-hydrogen) atoms. The van der Waals surface area contributed by atoms with Gasteiger partial charge in [0.25, 0.3) is 9.24 Å². The van der Waals surface area contributed by atoms with E-state index in [-0.39, 0.29) is 6.54 Å². The van der Waals surface area contributed by atoms with Crippen molar-refractivity contribution in [3.63, 3.8) is 0 Å². The first kappa shape index (κ1) is 8.69. The summed E-state index contributed by atoms with van der Waals surface area (Å²) in [6.07, 6.45) is 0. The van der Waals surface area contributed by atoms with Crippen LogP contribution in [-0.2, 0) is 9.24 Å². The van der Waals surface area contributed by atoms with Gasteiger partial charge in [0.1, 0.15) is 6.54 Å². The molecule has 0 N–H and O–H groups in total. The van der Waals surface area contributed by atoms with Crippen LogP contribution in [0.15, 0.2) is 0 Å². The molecule has 0 amide bonds. The van der Waals surface area contributed by atoms with Crippen LogP contribution in [0.1, 0.15) is 0 Å². The van der Waals surface area contributed by atoms with Crippen molar-refractivity contribution in [2.75, 3.05) is 13.6 Å². The number of rotatable bonds is 2. The molecule has 0 aromatic carbocycles. The molecule has 0 heterocycles. The Hall–Kier alpha value is -0.310. The second-order valence-electron chi connectivity index (χ2n) is 1.36.